The van der Waals surface area contributed by atoms with Crippen LogP contribution in [-0.4, -0.2) is 23.0 Å². The first-order valence-corrected chi connectivity index (χ1v) is 8.42. The van der Waals surface area contributed by atoms with E-state index in [2.05, 4.69) is 69.8 Å². The van der Waals surface area contributed by atoms with E-state index in [1.165, 1.54) is 27.9 Å². The highest BCUT2D eigenvalue weighted by Gasteiger charge is 2.15. The lowest BCUT2D eigenvalue weighted by Crippen LogP contribution is -2.25. The molecule has 0 saturated carbocycles. The lowest BCUT2D eigenvalue weighted by atomic mass is 10.0. The molecule has 0 saturated heterocycles. The summed E-state index contributed by atoms with van der Waals surface area (Å²) in [5.74, 6) is 0. The summed E-state index contributed by atoms with van der Waals surface area (Å²) in [5.41, 5.74) is 6.36. The zero-order valence-corrected chi connectivity index (χ0v) is 13.7. The highest BCUT2D eigenvalue weighted by molar-refractivity contribution is 5.68. The number of hydrogen-bond donors (Lipinski definition) is 1. The topological polar surface area (TPSA) is 28.2 Å². The molecule has 2 aromatic carbocycles. The van der Waals surface area contributed by atoms with Crippen molar-refractivity contribution < 1.29 is 0 Å². The maximum Gasteiger partial charge on any atom is 0.0386 e. The molecule has 24 heavy (non-hydrogen) atoms. The summed E-state index contributed by atoms with van der Waals surface area (Å²) in [6, 6.07) is 21.5. The highest BCUT2D eigenvalue weighted by Crippen LogP contribution is 2.27. The third-order valence-corrected chi connectivity index (χ3v) is 4.49. The Morgan fingerprint density at radius 3 is 2.71 bits per heavy atom. The summed E-state index contributed by atoms with van der Waals surface area (Å²) >= 11 is 0. The van der Waals surface area contributed by atoms with Gasteiger partial charge < -0.3 is 5.32 Å². The molecule has 2 heterocycles. The molecule has 3 nitrogen and oxygen atoms in total. The van der Waals surface area contributed by atoms with E-state index in [-0.39, 0.29) is 0 Å². The average Bonchev–Trinajstić information content (AvgIpc) is 2.84. The number of nitrogens with one attached hydrogen (secondary N) is 1. The first-order valence-electron chi connectivity index (χ1n) is 8.42. The molecule has 0 fully saturated rings. The fraction of sp³-hybridized carbons (Fsp3) is 0.190. The lowest BCUT2D eigenvalue weighted by Gasteiger charge is -2.20. The molecule has 3 heteroatoms. The number of fused-ring (bicyclic) bond motifs is 1. The van der Waals surface area contributed by atoms with E-state index in [9.17, 15) is 0 Å². The molecule has 0 unspecified atom stereocenters. The zero-order valence-electron chi connectivity index (χ0n) is 13.7. The Hall–Kier alpha value is -2.65. The number of rotatable bonds is 3. The number of anilines is 1. The minimum absolute atomic E-state index is 0.964. The second-order valence-corrected chi connectivity index (χ2v) is 6.24. The van der Waals surface area contributed by atoms with Crippen molar-refractivity contribution >= 4 is 5.69 Å². The summed E-state index contributed by atoms with van der Waals surface area (Å²) in [7, 11) is 0. The number of aromatic nitrogens is 1. The Kier molecular flexibility index (Phi) is 4.26. The van der Waals surface area contributed by atoms with E-state index in [4.69, 9.17) is 0 Å². The molecular formula is C21H21N3. The summed E-state index contributed by atoms with van der Waals surface area (Å²) in [6.07, 6.45) is 3.74. The molecule has 0 aliphatic carbocycles. The molecule has 4 rings (SSSR count). The predicted molar refractivity (Wildman–Crippen MR) is 98.7 cm³/mol. The van der Waals surface area contributed by atoms with Crippen LogP contribution in [-0.2, 0) is 13.1 Å². The highest BCUT2D eigenvalue weighted by atomic mass is 15.1. The van der Waals surface area contributed by atoms with Crippen LogP contribution in [0.25, 0.3) is 11.1 Å². The van der Waals surface area contributed by atoms with Crippen LogP contribution in [0, 0.1) is 0 Å². The first-order chi connectivity index (χ1) is 11.9. The van der Waals surface area contributed by atoms with Gasteiger partial charge in [0.1, 0.15) is 0 Å². The van der Waals surface area contributed by atoms with E-state index in [0.717, 1.165) is 26.2 Å². The third kappa shape index (κ3) is 3.31. The minimum Gasteiger partial charge on any atom is -0.383 e. The summed E-state index contributed by atoms with van der Waals surface area (Å²) in [5, 5.41) is 3.56. The van der Waals surface area contributed by atoms with Gasteiger partial charge in [-0.1, -0.05) is 42.5 Å². The predicted octanol–water partition coefficient (Wildman–Crippen LogP) is 4.18. The van der Waals surface area contributed by atoms with E-state index >= 15 is 0 Å². The van der Waals surface area contributed by atoms with Gasteiger partial charge in [-0.15, -0.1) is 0 Å². The standard InChI is InChI=1S/C21H21N3/c1-2-5-17(6-3-1)15-24-12-11-23-21-9-8-18(13-20(21)16-24)19-7-4-10-22-14-19/h1-10,13-14,23H,11-12,15-16H2. The summed E-state index contributed by atoms with van der Waals surface area (Å²) in [4.78, 5) is 6.74. The van der Waals surface area contributed by atoms with Gasteiger partial charge in [-0.2, -0.15) is 0 Å². The smallest absolute Gasteiger partial charge is 0.0386 e. The molecule has 0 radical (unpaired) electrons. The first kappa shape index (κ1) is 14.9. The Labute approximate surface area is 143 Å². The Balaban J connectivity index is 1.59. The van der Waals surface area contributed by atoms with Gasteiger partial charge in [-0.25, -0.2) is 0 Å². The van der Waals surface area contributed by atoms with Gasteiger partial charge >= 0.3 is 0 Å². The van der Waals surface area contributed by atoms with Gasteiger partial charge in [-0.05, 0) is 40.5 Å². The van der Waals surface area contributed by atoms with Gasteiger partial charge in [0.15, 0.2) is 0 Å². The Morgan fingerprint density at radius 1 is 0.958 bits per heavy atom. The SMILES string of the molecule is c1ccc(CN2CCNc3ccc(-c4cccnc4)cc3C2)cc1. The summed E-state index contributed by atoms with van der Waals surface area (Å²) < 4.78 is 0. The zero-order chi connectivity index (χ0) is 16.2. The quantitative estimate of drug-likeness (QED) is 0.786. The summed E-state index contributed by atoms with van der Waals surface area (Å²) in [6.45, 7) is 3.97. The molecule has 1 aliphatic rings. The average molecular weight is 315 g/mol. The number of pyridine rings is 1. The van der Waals surface area contributed by atoms with E-state index in [1.54, 1.807) is 0 Å². The molecule has 3 aromatic rings. The van der Waals surface area contributed by atoms with Crippen molar-refractivity contribution in [3.05, 3.63) is 84.2 Å². The van der Waals surface area contributed by atoms with Crippen molar-refractivity contribution in [2.24, 2.45) is 0 Å². The number of hydrogen-bond acceptors (Lipinski definition) is 3. The van der Waals surface area contributed by atoms with E-state index < -0.39 is 0 Å². The van der Waals surface area contributed by atoms with Gasteiger partial charge in [0, 0.05) is 44.3 Å². The van der Waals surface area contributed by atoms with E-state index in [1.807, 2.05) is 18.5 Å². The molecule has 1 aromatic heterocycles. The van der Waals surface area contributed by atoms with E-state index in [0.29, 0.717) is 0 Å². The molecule has 0 atom stereocenters. The molecule has 0 bridgehead atoms. The fourth-order valence-electron chi connectivity index (χ4n) is 3.26. The maximum absolute atomic E-state index is 4.24. The fourth-order valence-corrected chi connectivity index (χ4v) is 3.26. The van der Waals surface area contributed by atoms with Crippen LogP contribution >= 0.6 is 0 Å². The van der Waals surface area contributed by atoms with Gasteiger partial charge in [0.05, 0.1) is 0 Å². The van der Waals surface area contributed by atoms with Crippen molar-refractivity contribution in [3.63, 3.8) is 0 Å². The molecular weight excluding hydrogens is 294 g/mol. The second-order valence-electron chi connectivity index (χ2n) is 6.24. The van der Waals surface area contributed by atoms with Gasteiger partial charge in [0.25, 0.3) is 0 Å². The van der Waals surface area contributed by atoms with Crippen LogP contribution in [0.1, 0.15) is 11.1 Å². The molecule has 1 N–H and O–H groups in total. The Bertz CT molecular complexity index is 800. The third-order valence-electron chi connectivity index (χ3n) is 4.49. The van der Waals surface area contributed by atoms with Crippen molar-refractivity contribution in [1.82, 2.24) is 9.88 Å². The van der Waals surface area contributed by atoms with Crippen LogP contribution in [0.15, 0.2) is 73.1 Å². The van der Waals surface area contributed by atoms with Gasteiger partial charge in [-0.3, -0.25) is 9.88 Å². The van der Waals surface area contributed by atoms with Crippen molar-refractivity contribution in [1.29, 1.82) is 0 Å². The van der Waals surface area contributed by atoms with Crippen LogP contribution in [0.3, 0.4) is 0 Å². The van der Waals surface area contributed by atoms with Crippen molar-refractivity contribution in [2.75, 3.05) is 18.4 Å². The number of benzene rings is 2. The molecule has 120 valence electrons. The molecule has 0 amide bonds. The van der Waals surface area contributed by atoms with Crippen LogP contribution < -0.4 is 5.32 Å². The van der Waals surface area contributed by atoms with Crippen molar-refractivity contribution in [3.8, 4) is 11.1 Å². The normalized spacial score (nSPS) is 14.5. The van der Waals surface area contributed by atoms with Crippen molar-refractivity contribution in [2.45, 2.75) is 13.1 Å². The van der Waals surface area contributed by atoms with Crippen LogP contribution in [0.4, 0.5) is 5.69 Å². The second kappa shape index (κ2) is 6.85. The van der Waals surface area contributed by atoms with Crippen LogP contribution in [0.5, 0.6) is 0 Å². The van der Waals surface area contributed by atoms with Crippen LogP contribution in [0.2, 0.25) is 0 Å². The van der Waals surface area contributed by atoms with Gasteiger partial charge in [0.2, 0.25) is 0 Å². The monoisotopic (exact) mass is 315 g/mol. The minimum atomic E-state index is 0.964. The molecule has 0 spiro atoms. The Morgan fingerprint density at radius 2 is 1.88 bits per heavy atom. The largest absolute Gasteiger partial charge is 0.383 e. The lowest BCUT2D eigenvalue weighted by molar-refractivity contribution is 0.272. The maximum atomic E-state index is 4.24. The number of nitrogens with zero attached hydrogens (tertiary/aromatic N) is 2. The molecule has 1 aliphatic heterocycles.